The third-order valence-corrected chi connectivity index (χ3v) is 5.48. The molecule has 96 valence electrons. The third-order valence-electron chi connectivity index (χ3n) is 4.43. The molecule has 0 heterocycles. The Balaban J connectivity index is 1.74. The molecule has 4 atom stereocenters. The standard InChI is InChI=1S/C15H18BrNO/c1-17(9-10-5-3-2-4-6-10)15-11-8-14(18)12(15)7-13(11)16/h2-6,11-13,15H,7-9H2,1H3/t11-,12-,13-,15+/m1/s1. The predicted molar refractivity (Wildman–Crippen MR) is 75.6 cm³/mol. The number of rotatable bonds is 3. The summed E-state index contributed by atoms with van der Waals surface area (Å²) in [7, 11) is 2.15. The molecule has 2 aliphatic rings. The Bertz CT molecular complexity index is 447. The van der Waals surface area contributed by atoms with Crippen molar-refractivity contribution in [1.29, 1.82) is 0 Å². The maximum absolute atomic E-state index is 11.9. The van der Waals surface area contributed by atoms with Crippen LogP contribution in [0.4, 0.5) is 0 Å². The first-order valence-electron chi connectivity index (χ1n) is 6.58. The van der Waals surface area contributed by atoms with Gasteiger partial charge in [0.25, 0.3) is 0 Å². The molecule has 18 heavy (non-hydrogen) atoms. The third kappa shape index (κ3) is 2.04. The number of fused-ring (bicyclic) bond motifs is 2. The van der Waals surface area contributed by atoms with Crippen LogP contribution in [0, 0.1) is 11.8 Å². The van der Waals surface area contributed by atoms with E-state index >= 15 is 0 Å². The van der Waals surface area contributed by atoms with Crippen molar-refractivity contribution in [1.82, 2.24) is 4.90 Å². The Kier molecular flexibility index (Phi) is 3.29. The van der Waals surface area contributed by atoms with Gasteiger partial charge in [0.05, 0.1) is 0 Å². The zero-order valence-electron chi connectivity index (χ0n) is 10.6. The Morgan fingerprint density at radius 3 is 2.67 bits per heavy atom. The molecule has 0 radical (unpaired) electrons. The summed E-state index contributed by atoms with van der Waals surface area (Å²) < 4.78 is 0. The second-order valence-corrected chi connectivity index (χ2v) is 6.76. The molecule has 3 rings (SSSR count). The van der Waals surface area contributed by atoms with E-state index in [4.69, 9.17) is 0 Å². The fourth-order valence-corrected chi connectivity index (χ4v) is 4.54. The number of ketones is 1. The van der Waals surface area contributed by atoms with Crippen LogP contribution in [0.15, 0.2) is 30.3 Å². The van der Waals surface area contributed by atoms with Crippen LogP contribution >= 0.6 is 15.9 Å². The molecule has 3 heteroatoms. The molecule has 1 aromatic carbocycles. The van der Waals surface area contributed by atoms with Crippen molar-refractivity contribution in [3.8, 4) is 0 Å². The lowest BCUT2D eigenvalue weighted by molar-refractivity contribution is -0.122. The number of hydrogen-bond donors (Lipinski definition) is 0. The van der Waals surface area contributed by atoms with E-state index in [0.29, 0.717) is 22.6 Å². The van der Waals surface area contributed by atoms with Crippen LogP contribution in [-0.2, 0) is 11.3 Å². The van der Waals surface area contributed by atoms with E-state index in [1.807, 2.05) is 6.07 Å². The smallest absolute Gasteiger partial charge is 0.137 e. The molecule has 2 fully saturated rings. The van der Waals surface area contributed by atoms with E-state index in [1.54, 1.807) is 0 Å². The van der Waals surface area contributed by atoms with E-state index < -0.39 is 0 Å². The first-order valence-corrected chi connectivity index (χ1v) is 7.49. The van der Waals surface area contributed by atoms with Crippen LogP contribution in [-0.4, -0.2) is 28.6 Å². The van der Waals surface area contributed by atoms with Crippen molar-refractivity contribution in [3.05, 3.63) is 35.9 Å². The lowest BCUT2D eigenvalue weighted by atomic mass is 9.99. The molecule has 0 spiro atoms. The van der Waals surface area contributed by atoms with E-state index in [1.165, 1.54) is 5.56 Å². The summed E-state index contributed by atoms with van der Waals surface area (Å²) in [4.78, 5) is 14.8. The van der Waals surface area contributed by atoms with E-state index in [0.717, 1.165) is 19.4 Å². The molecule has 0 N–H and O–H groups in total. The molecular weight excluding hydrogens is 290 g/mol. The maximum Gasteiger partial charge on any atom is 0.137 e. The fourth-order valence-electron chi connectivity index (χ4n) is 3.63. The number of hydrogen-bond acceptors (Lipinski definition) is 2. The highest BCUT2D eigenvalue weighted by Crippen LogP contribution is 2.48. The zero-order chi connectivity index (χ0) is 12.7. The van der Waals surface area contributed by atoms with Gasteiger partial charge in [-0.15, -0.1) is 0 Å². The summed E-state index contributed by atoms with van der Waals surface area (Å²) >= 11 is 3.74. The second kappa shape index (κ2) is 4.78. The van der Waals surface area contributed by atoms with Crippen molar-refractivity contribution in [3.63, 3.8) is 0 Å². The SMILES string of the molecule is CN(Cc1ccccc1)[C@H]1[C@@H]2CC(=O)[C@H]1C[C@H]2Br. The number of Topliss-reactive ketones (excluding diaryl/α,β-unsaturated/α-hetero) is 1. The summed E-state index contributed by atoms with van der Waals surface area (Å²) in [6.45, 7) is 0.936. The average Bonchev–Trinajstić information content (AvgIpc) is 2.84. The van der Waals surface area contributed by atoms with E-state index in [-0.39, 0.29) is 5.92 Å². The number of carbonyl (C=O) groups excluding carboxylic acids is 1. The zero-order valence-corrected chi connectivity index (χ0v) is 12.1. The summed E-state index contributed by atoms with van der Waals surface area (Å²) in [5.74, 6) is 1.24. The first-order chi connectivity index (χ1) is 8.66. The number of alkyl halides is 1. The molecule has 0 amide bonds. The maximum atomic E-state index is 11.9. The topological polar surface area (TPSA) is 20.3 Å². The van der Waals surface area contributed by atoms with Gasteiger partial charge >= 0.3 is 0 Å². The highest BCUT2D eigenvalue weighted by molar-refractivity contribution is 9.09. The first kappa shape index (κ1) is 12.4. The minimum absolute atomic E-state index is 0.257. The highest BCUT2D eigenvalue weighted by atomic mass is 79.9. The van der Waals surface area contributed by atoms with Gasteiger partial charge in [0.2, 0.25) is 0 Å². The van der Waals surface area contributed by atoms with Gasteiger partial charge in [-0.2, -0.15) is 0 Å². The van der Waals surface area contributed by atoms with Crippen LogP contribution in [0.5, 0.6) is 0 Å². The van der Waals surface area contributed by atoms with E-state index in [9.17, 15) is 4.79 Å². The highest BCUT2D eigenvalue weighted by Gasteiger charge is 2.53. The summed E-state index contributed by atoms with van der Waals surface area (Å²) in [5, 5.41) is 0. The second-order valence-electron chi connectivity index (χ2n) is 5.58. The summed E-state index contributed by atoms with van der Waals surface area (Å²) in [6.07, 6.45) is 1.79. The predicted octanol–water partition coefficient (Wildman–Crippen LogP) is 2.86. The Morgan fingerprint density at radius 1 is 1.33 bits per heavy atom. The van der Waals surface area contributed by atoms with Crippen molar-refractivity contribution in [2.45, 2.75) is 30.3 Å². The van der Waals surface area contributed by atoms with Gasteiger partial charge < -0.3 is 0 Å². The van der Waals surface area contributed by atoms with Crippen molar-refractivity contribution in [2.75, 3.05) is 7.05 Å². The Hall–Kier alpha value is -0.670. The van der Waals surface area contributed by atoms with Crippen molar-refractivity contribution in [2.24, 2.45) is 11.8 Å². The minimum atomic E-state index is 0.257. The molecule has 1 aromatic rings. The number of nitrogens with zero attached hydrogens (tertiary/aromatic N) is 1. The van der Waals surface area contributed by atoms with Crippen molar-refractivity contribution >= 4 is 21.7 Å². The molecule has 0 unspecified atom stereocenters. The van der Waals surface area contributed by atoms with Gasteiger partial charge in [0, 0.05) is 29.8 Å². The summed E-state index contributed by atoms with van der Waals surface area (Å²) in [5.41, 5.74) is 1.32. The van der Waals surface area contributed by atoms with Gasteiger partial charge in [-0.05, 0) is 24.9 Å². The normalized spacial score (nSPS) is 34.5. The number of carbonyl (C=O) groups is 1. The molecule has 2 aliphatic carbocycles. The summed E-state index contributed by atoms with van der Waals surface area (Å²) in [6, 6.07) is 10.9. The monoisotopic (exact) mass is 307 g/mol. The van der Waals surface area contributed by atoms with Crippen LogP contribution in [0.3, 0.4) is 0 Å². The minimum Gasteiger partial charge on any atom is -0.299 e. The van der Waals surface area contributed by atoms with Gasteiger partial charge in [0.1, 0.15) is 5.78 Å². The van der Waals surface area contributed by atoms with Crippen LogP contribution in [0.2, 0.25) is 0 Å². The molecule has 0 saturated heterocycles. The molecular formula is C15H18BrNO. The molecule has 2 saturated carbocycles. The largest absolute Gasteiger partial charge is 0.299 e. The molecule has 2 bridgehead atoms. The fraction of sp³-hybridized carbons (Fsp3) is 0.533. The number of halogens is 1. The Morgan fingerprint density at radius 2 is 2.06 bits per heavy atom. The molecule has 2 nitrogen and oxygen atoms in total. The Labute approximate surface area is 116 Å². The van der Waals surface area contributed by atoms with Crippen LogP contribution < -0.4 is 0 Å². The lowest BCUT2D eigenvalue weighted by Gasteiger charge is -2.28. The van der Waals surface area contributed by atoms with Gasteiger partial charge in [-0.1, -0.05) is 46.3 Å². The molecule has 0 aliphatic heterocycles. The van der Waals surface area contributed by atoms with Gasteiger partial charge in [0.15, 0.2) is 0 Å². The van der Waals surface area contributed by atoms with Crippen LogP contribution in [0.25, 0.3) is 0 Å². The van der Waals surface area contributed by atoms with Gasteiger partial charge in [-0.25, -0.2) is 0 Å². The average molecular weight is 308 g/mol. The quantitative estimate of drug-likeness (QED) is 0.800. The molecule has 0 aromatic heterocycles. The number of benzene rings is 1. The van der Waals surface area contributed by atoms with Crippen LogP contribution in [0.1, 0.15) is 18.4 Å². The van der Waals surface area contributed by atoms with E-state index in [2.05, 4.69) is 52.1 Å². The van der Waals surface area contributed by atoms with Crippen molar-refractivity contribution < 1.29 is 4.79 Å². The lowest BCUT2D eigenvalue weighted by Crippen LogP contribution is -2.36. The van der Waals surface area contributed by atoms with Gasteiger partial charge in [-0.3, -0.25) is 9.69 Å².